The molecule has 1 atom stereocenters. The third-order valence-electron chi connectivity index (χ3n) is 4.41. The summed E-state index contributed by atoms with van der Waals surface area (Å²) in [6.45, 7) is 11.5. The first kappa shape index (κ1) is 20.8. The fourth-order valence-electron chi connectivity index (χ4n) is 2.87. The Labute approximate surface area is 156 Å². The second-order valence-electron chi connectivity index (χ2n) is 8.05. The van der Waals surface area contributed by atoms with Crippen LogP contribution in [0.25, 0.3) is 0 Å². The van der Waals surface area contributed by atoms with Crippen molar-refractivity contribution >= 4 is 12.1 Å². The number of hydrogen-bond donors (Lipinski definition) is 3. The largest absolute Gasteiger partial charge is 0.444 e. The smallest absolute Gasteiger partial charge is 0.407 e. The number of alkyl carbamates (subject to hydrolysis) is 1. The maximum atomic E-state index is 12.0. The molecule has 0 bridgehead atoms. The summed E-state index contributed by atoms with van der Waals surface area (Å²) in [5, 5.41) is 6.09. The number of carbonyl (C=O) groups excluding carboxylic acids is 1. The Hall–Kier alpha value is -1.54. The first-order valence-corrected chi connectivity index (χ1v) is 9.67. The lowest BCUT2D eigenvalue weighted by Crippen LogP contribution is -2.43. The summed E-state index contributed by atoms with van der Waals surface area (Å²) in [6, 6.07) is -0.0152. The van der Waals surface area contributed by atoms with Crippen LogP contribution in [0.1, 0.15) is 40.0 Å². The highest BCUT2D eigenvalue weighted by Crippen LogP contribution is 2.32. The van der Waals surface area contributed by atoms with Crippen molar-refractivity contribution in [3.05, 3.63) is 0 Å². The van der Waals surface area contributed by atoms with Gasteiger partial charge < -0.3 is 25.8 Å². The number of rotatable bonds is 8. The van der Waals surface area contributed by atoms with Gasteiger partial charge in [0.1, 0.15) is 5.60 Å². The second-order valence-corrected chi connectivity index (χ2v) is 8.05. The molecule has 2 rings (SSSR count). The highest BCUT2D eigenvalue weighted by atomic mass is 16.6. The van der Waals surface area contributed by atoms with Crippen LogP contribution in [0.2, 0.25) is 0 Å². The minimum Gasteiger partial charge on any atom is -0.444 e. The fourth-order valence-corrected chi connectivity index (χ4v) is 2.87. The highest BCUT2D eigenvalue weighted by Gasteiger charge is 2.33. The molecule has 0 aromatic heterocycles. The van der Waals surface area contributed by atoms with Crippen LogP contribution in [-0.4, -0.2) is 74.5 Å². The van der Waals surface area contributed by atoms with E-state index in [1.165, 1.54) is 0 Å². The molecule has 1 unspecified atom stereocenters. The van der Waals surface area contributed by atoms with E-state index in [0.29, 0.717) is 18.4 Å². The van der Waals surface area contributed by atoms with E-state index in [1.807, 2.05) is 20.8 Å². The number of carbonyl (C=O) groups is 1. The predicted molar refractivity (Wildman–Crippen MR) is 102 cm³/mol. The van der Waals surface area contributed by atoms with Crippen molar-refractivity contribution in [2.75, 3.05) is 45.9 Å². The van der Waals surface area contributed by atoms with E-state index >= 15 is 0 Å². The van der Waals surface area contributed by atoms with Gasteiger partial charge in [0.15, 0.2) is 5.96 Å². The molecule has 1 aliphatic heterocycles. The fraction of sp³-hybridized carbons (Fsp3) is 0.889. The number of amides is 1. The molecule has 0 aromatic carbocycles. The second kappa shape index (κ2) is 9.97. The molecule has 0 spiro atoms. The van der Waals surface area contributed by atoms with Crippen LogP contribution in [0.5, 0.6) is 0 Å². The molecule has 1 saturated carbocycles. The molecule has 8 nitrogen and oxygen atoms in total. The van der Waals surface area contributed by atoms with Crippen molar-refractivity contribution < 1.29 is 14.3 Å². The zero-order chi connectivity index (χ0) is 19.0. The van der Waals surface area contributed by atoms with Crippen molar-refractivity contribution in [1.82, 2.24) is 15.5 Å². The minimum absolute atomic E-state index is 0.0152. The van der Waals surface area contributed by atoms with Gasteiger partial charge in [-0.3, -0.25) is 9.89 Å². The molecule has 2 aliphatic rings. The van der Waals surface area contributed by atoms with Gasteiger partial charge >= 0.3 is 6.09 Å². The number of guanidine groups is 1. The molecule has 2 fully saturated rings. The van der Waals surface area contributed by atoms with E-state index in [-0.39, 0.29) is 12.1 Å². The lowest BCUT2D eigenvalue weighted by Gasteiger charge is -2.26. The molecule has 26 heavy (non-hydrogen) atoms. The van der Waals surface area contributed by atoms with Gasteiger partial charge in [-0.05, 0) is 52.5 Å². The number of ether oxygens (including phenoxy) is 2. The summed E-state index contributed by atoms with van der Waals surface area (Å²) in [6.07, 6.45) is 2.85. The minimum atomic E-state index is -0.498. The predicted octanol–water partition coefficient (Wildman–Crippen LogP) is 0.916. The van der Waals surface area contributed by atoms with Gasteiger partial charge in [-0.2, -0.15) is 0 Å². The Balaban J connectivity index is 1.65. The average molecular weight is 370 g/mol. The van der Waals surface area contributed by atoms with Gasteiger partial charge in [-0.1, -0.05) is 0 Å². The van der Waals surface area contributed by atoms with Gasteiger partial charge in [-0.25, -0.2) is 4.79 Å². The summed E-state index contributed by atoms with van der Waals surface area (Å²) >= 11 is 0. The molecule has 1 saturated heterocycles. The number of aliphatic imine (C=N–C) groups is 1. The topological polar surface area (TPSA) is 101 Å². The highest BCUT2D eigenvalue weighted by molar-refractivity contribution is 5.77. The van der Waals surface area contributed by atoms with Crippen LogP contribution in [0.3, 0.4) is 0 Å². The number of nitrogens with one attached hydrogen (secondary N) is 2. The van der Waals surface area contributed by atoms with Crippen molar-refractivity contribution in [2.24, 2.45) is 16.6 Å². The molecule has 8 heteroatoms. The quantitative estimate of drug-likeness (QED) is 0.334. The van der Waals surface area contributed by atoms with E-state index < -0.39 is 5.60 Å². The third-order valence-corrected chi connectivity index (χ3v) is 4.41. The number of morpholine rings is 1. The lowest BCUT2D eigenvalue weighted by atomic mass is 10.2. The van der Waals surface area contributed by atoms with Crippen molar-refractivity contribution in [3.8, 4) is 0 Å². The zero-order valence-electron chi connectivity index (χ0n) is 16.4. The first-order valence-electron chi connectivity index (χ1n) is 9.67. The van der Waals surface area contributed by atoms with Crippen LogP contribution in [0.4, 0.5) is 4.79 Å². The first-order chi connectivity index (χ1) is 12.3. The van der Waals surface area contributed by atoms with Gasteiger partial charge in [0, 0.05) is 19.6 Å². The maximum Gasteiger partial charge on any atom is 0.407 e. The summed E-state index contributed by atoms with van der Waals surface area (Å²) in [5.41, 5.74) is 5.46. The van der Waals surface area contributed by atoms with Gasteiger partial charge in [0.25, 0.3) is 0 Å². The monoisotopic (exact) mass is 369 g/mol. The third kappa shape index (κ3) is 8.71. The molecule has 4 N–H and O–H groups in total. The van der Waals surface area contributed by atoms with Crippen molar-refractivity contribution in [2.45, 2.75) is 51.7 Å². The molecule has 0 radical (unpaired) electrons. The summed E-state index contributed by atoms with van der Waals surface area (Å²) in [4.78, 5) is 18.8. The summed E-state index contributed by atoms with van der Waals surface area (Å²) in [7, 11) is 0. The Morgan fingerprint density at radius 2 is 2.04 bits per heavy atom. The average Bonchev–Trinajstić information content (AvgIpc) is 3.39. The van der Waals surface area contributed by atoms with Crippen molar-refractivity contribution in [1.29, 1.82) is 0 Å². The maximum absolute atomic E-state index is 12.0. The molecule has 1 aliphatic carbocycles. The van der Waals surface area contributed by atoms with Gasteiger partial charge in [0.2, 0.25) is 0 Å². The van der Waals surface area contributed by atoms with E-state index in [0.717, 1.165) is 58.7 Å². The normalized spacial score (nSPS) is 20.5. The molecular weight excluding hydrogens is 334 g/mol. The van der Waals surface area contributed by atoms with Crippen LogP contribution in [0, 0.1) is 5.92 Å². The van der Waals surface area contributed by atoms with E-state index in [1.54, 1.807) is 0 Å². The molecule has 1 amide bonds. The number of hydrogen-bond acceptors (Lipinski definition) is 5. The number of nitrogens with two attached hydrogens (primary N) is 1. The van der Waals surface area contributed by atoms with Crippen LogP contribution in [-0.2, 0) is 9.47 Å². The van der Waals surface area contributed by atoms with Gasteiger partial charge in [0.05, 0.1) is 25.8 Å². The summed E-state index contributed by atoms with van der Waals surface area (Å²) < 4.78 is 10.7. The standard InChI is InChI=1S/C18H35N5O3/c1-18(2,3)26-17(24)22-15(14-5-6-14)13-21-16(19)20-7-4-8-23-9-11-25-12-10-23/h14-15H,4-13H2,1-3H3,(H,22,24)(H3,19,20,21). The van der Waals surface area contributed by atoms with Crippen LogP contribution >= 0.6 is 0 Å². The Morgan fingerprint density at radius 3 is 2.65 bits per heavy atom. The lowest BCUT2D eigenvalue weighted by molar-refractivity contribution is 0.0376. The Morgan fingerprint density at radius 1 is 1.35 bits per heavy atom. The summed E-state index contributed by atoms with van der Waals surface area (Å²) in [5.74, 6) is 0.906. The van der Waals surface area contributed by atoms with Crippen molar-refractivity contribution in [3.63, 3.8) is 0 Å². The number of nitrogens with zero attached hydrogens (tertiary/aromatic N) is 2. The Bertz CT molecular complexity index is 468. The van der Waals surface area contributed by atoms with Crippen LogP contribution in [0.15, 0.2) is 4.99 Å². The molecule has 1 heterocycles. The van der Waals surface area contributed by atoms with E-state index in [9.17, 15) is 4.79 Å². The zero-order valence-corrected chi connectivity index (χ0v) is 16.4. The van der Waals surface area contributed by atoms with E-state index in [2.05, 4.69) is 20.5 Å². The molecular formula is C18H35N5O3. The SMILES string of the molecule is CC(C)(C)OC(=O)NC(CN=C(N)NCCCN1CCOCC1)C1CC1. The van der Waals surface area contributed by atoms with Crippen LogP contribution < -0.4 is 16.4 Å². The van der Waals surface area contributed by atoms with Gasteiger partial charge in [-0.15, -0.1) is 0 Å². The molecule has 150 valence electrons. The van der Waals surface area contributed by atoms with E-state index in [4.69, 9.17) is 15.2 Å². The molecule has 0 aromatic rings. The Kier molecular flexibility index (Phi) is 7.96.